The van der Waals surface area contributed by atoms with Crippen molar-refractivity contribution in [2.24, 2.45) is 0 Å². The first kappa shape index (κ1) is 22.9. The molecule has 1 N–H and O–H groups in total. The van der Waals surface area contributed by atoms with Gasteiger partial charge >= 0.3 is 0 Å². The molecule has 0 aliphatic carbocycles. The molecule has 0 atom stereocenters. The number of ether oxygens (including phenoxy) is 3. The fourth-order valence-corrected chi connectivity index (χ4v) is 4.96. The number of nitrogens with one attached hydrogen (secondary N) is 1. The number of rotatable bonds is 10. The van der Waals surface area contributed by atoms with Gasteiger partial charge in [0, 0.05) is 25.2 Å². The van der Waals surface area contributed by atoms with Crippen molar-refractivity contribution in [1.29, 1.82) is 0 Å². The zero-order valence-electron chi connectivity index (χ0n) is 18.0. The van der Waals surface area contributed by atoms with Gasteiger partial charge in [-0.25, -0.2) is 8.42 Å². The van der Waals surface area contributed by atoms with Gasteiger partial charge < -0.3 is 19.5 Å². The first-order valence-electron chi connectivity index (χ1n) is 10.3. The molecule has 0 fully saturated rings. The molecule has 1 aliphatic rings. The van der Waals surface area contributed by atoms with Crippen LogP contribution in [0.3, 0.4) is 0 Å². The number of hydrogen-bond acceptors (Lipinski definition) is 6. The summed E-state index contributed by atoms with van der Waals surface area (Å²) in [6, 6.07) is 10.3. The van der Waals surface area contributed by atoms with Gasteiger partial charge in [0.05, 0.1) is 6.61 Å². The maximum absolute atomic E-state index is 13.0. The van der Waals surface area contributed by atoms with Gasteiger partial charge in [-0.1, -0.05) is 19.9 Å². The number of hydrogen-bond donors (Lipinski definition) is 1. The van der Waals surface area contributed by atoms with Crippen molar-refractivity contribution in [1.82, 2.24) is 4.31 Å². The molecular weight excluding hydrogens is 420 g/mol. The third-order valence-corrected chi connectivity index (χ3v) is 7.00. The van der Waals surface area contributed by atoms with E-state index in [1.165, 1.54) is 10.4 Å². The van der Waals surface area contributed by atoms with Crippen LogP contribution in [-0.4, -0.2) is 45.1 Å². The van der Waals surface area contributed by atoms with Crippen molar-refractivity contribution in [3.05, 3.63) is 42.0 Å². The van der Waals surface area contributed by atoms with Crippen LogP contribution < -0.4 is 19.5 Å². The maximum Gasteiger partial charge on any atom is 0.246 e. The first-order valence-corrected chi connectivity index (χ1v) is 11.8. The number of aryl methyl sites for hydroxylation is 1. The van der Waals surface area contributed by atoms with Crippen molar-refractivity contribution in [2.75, 3.05) is 31.8 Å². The van der Waals surface area contributed by atoms with Crippen LogP contribution in [0.15, 0.2) is 41.3 Å². The fourth-order valence-electron chi connectivity index (χ4n) is 3.34. The van der Waals surface area contributed by atoms with E-state index >= 15 is 0 Å². The number of benzene rings is 2. The molecule has 168 valence electrons. The van der Waals surface area contributed by atoms with Gasteiger partial charge in [-0.15, -0.1) is 0 Å². The van der Waals surface area contributed by atoms with Gasteiger partial charge in [-0.05, 0) is 49.2 Å². The Morgan fingerprint density at radius 2 is 1.81 bits per heavy atom. The third kappa shape index (κ3) is 5.29. The summed E-state index contributed by atoms with van der Waals surface area (Å²) < 4.78 is 43.6. The molecule has 0 unspecified atom stereocenters. The molecule has 1 amide bonds. The zero-order valence-corrected chi connectivity index (χ0v) is 18.8. The number of anilines is 1. The summed E-state index contributed by atoms with van der Waals surface area (Å²) in [5.74, 6) is 1.43. The number of fused-ring (bicyclic) bond motifs is 1. The number of carbonyl (C=O) groups excluding carboxylic acids is 1. The molecule has 2 aromatic rings. The van der Waals surface area contributed by atoms with Crippen molar-refractivity contribution >= 4 is 21.6 Å². The lowest BCUT2D eigenvalue weighted by Gasteiger charge is -2.21. The molecule has 0 radical (unpaired) electrons. The highest BCUT2D eigenvalue weighted by molar-refractivity contribution is 7.89. The van der Waals surface area contributed by atoms with Crippen LogP contribution in [0.1, 0.15) is 32.8 Å². The highest BCUT2D eigenvalue weighted by atomic mass is 32.2. The summed E-state index contributed by atoms with van der Waals surface area (Å²) in [7, 11) is -3.74. The van der Waals surface area contributed by atoms with Crippen LogP contribution in [0.25, 0.3) is 0 Å². The molecule has 0 spiro atoms. The first-order chi connectivity index (χ1) is 14.9. The SMILES string of the molecule is CCOc1ccc(NC(=O)CCc2ccc3c(c2)OCO3)cc1S(=O)(=O)N(CC)CC. The van der Waals surface area contributed by atoms with Crippen molar-refractivity contribution in [3.63, 3.8) is 0 Å². The molecule has 0 aromatic heterocycles. The largest absolute Gasteiger partial charge is 0.492 e. The summed E-state index contributed by atoms with van der Waals surface area (Å²) in [4.78, 5) is 12.5. The van der Waals surface area contributed by atoms with E-state index in [0.29, 0.717) is 43.3 Å². The molecule has 1 aliphatic heterocycles. The van der Waals surface area contributed by atoms with Gasteiger partial charge in [0.15, 0.2) is 11.5 Å². The third-order valence-electron chi connectivity index (χ3n) is 4.93. The van der Waals surface area contributed by atoms with E-state index in [4.69, 9.17) is 14.2 Å². The van der Waals surface area contributed by atoms with Crippen LogP contribution in [0.2, 0.25) is 0 Å². The second kappa shape index (κ2) is 10.0. The highest BCUT2D eigenvalue weighted by Crippen LogP contribution is 2.33. The van der Waals surface area contributed by atoms with Gasteiger partial charge in [-0.3, -0.25) is 4.79 Å². The minimum absolute atomic E-state index is 0.0478. The maximum atomic E-state index is 13.0. The van der Waals surface area contributed by atoms with E-state index in [1.807, 2.05) is 18.2 Å². The summed E-state index contributed by atoms with van der Waals surface area (Å²) in [5, 5.41) is 2.79. The van der Waals surface area contributed by atoms with Crippen LogP contribution in [0, 0.1) is 0 Å². The van der Waals surface area contributed by atoms with Crippen LogP contribution in [-0.2, 0) is 21.2 Å². The Kier molecular flexibility index (Phi) is 7.40. The quantitative estimate of drug-likeness (QED) is 0.599. The van der Waals surface area contributed by atoms with Gasteiger partial charge in [0.25, 0.3) is 0 Å². The lowest BCUT2D eigenvalue weighted by Crippen LogP contribution is -2.31. The van der Waals surface area contributed by atoms with Crippen LogP contribution in [0.4, 0.5) is 5.69 Å². The van der Waals surface area contributed by atoms with E-state index in [-0.39, 0.29) is 29.8 Å². The standard InChI is InChI=1S/C22H28N2O6S/c1-4-24(5-2)31(26,27)21-14-17(9-11-19(21)28-6-3)23-22(25)12-8-16-7-10-18-20(13-16)30-15-29-18/h7,9-11,13-14H,4-6,8,12,15H2,1-3H3,(H,23,25). The van der Waals surface area contributed by atoms with E-state index in [1.54, 1.807) is 32.9 Å². The average Bonchev–Trinajstić information content (AvgIpc) is 3.22. The summed E-state index contributed by atoms with van der Waals surface area (Å²) in [5.41, 5.74) is 1.36. The highest BCUT2D eigenvalue weighted by Gasteiger charge is 2.26. The second-order valence-corrected chi connectivity index (χ2v) is 8.83. The molecule has 1 heterocycles. The lowest BCUT2D eigenvalue weighted by molar-refractivity contribution is -0.116. The Balaban J connectivity index is 1.72. The predicted octanol–water partition coefficient (Wildman–Crippen LogP) is 3.42. The van der Waals surface area contributed by atoms with E-state index < -0.39 is 10.0 Å². The molecule has 2 aromatic carbocycles. The van der Waals surface area contributed by atoms with Gasteiger partial charge in [0.1, 0.15) is 10.6 Å². The van der Waals surface area contributed by atoms with Crippen molar-refractivity contribution < 1.29 is 27.4 Å². The normalized spacial score (nSPS) is 12.8. The predicted molar refractivity (Wildman–Crippen MR) is 117 cm³/mol. The van der Waals surface area contributed by atoms with Gasteiger partial charge in [0.2, 0.25) is 22.7 Å². The minimum Gasteiger partial charge on any atom is -0.492 e. The van der Waals surface area contributed by atoms with Gasteiger partial charge in [-0.2, -0.15) is 4.31 Å². The fraction of sp³-hybridized carbons (Fsp3) is 0.409. The number of amides is 1. The Morgan fingerprint density at radius 3 is 2.52 bits per heavy atom. The Labute approximate surface area is 183 Å². The topological polar surface area (TPSA) is 94.2 Å². The minimum atomic E-state index is -3.74. The van der Waals surface area contributed by atoms with E-state index in [0.717, 1.165) is 5.56 Å². The molecule has 31 heavy (non-hydrogen) atoms. The Morgan fingerprint density at radius 1 is 1.06 bits per heavy atom. The average molecular weight is 449 g/mol. The molecule has 9 heteroatoms. The lowest BCUT2D eigenvalue weighted by atomic mass is 10.1. The summed E-state index contributed by atoms with van der Waals surface area (Å²) in [6.07, 6.45) is 0.759. The number of nitrogens with zero attached hydrogens (tertiary/aromatic N) is 1. The van der Waals surface area contributed by atoms with E-state index in [2.05, 4.69) is 5.32 Å². The Bertz CT molecular complexity index is 1030. The zero-order chi connectivity index (χ0) is 22.4. The second-order valence-electron chi connectivity index (χ2n) is 6.92. The number of sulfonamides is 1. The molecule has 0 saturated carbocycles. The molecule has 8 nitrogen and oxygen atoms in total. The van der Waals surface area contributed by atoms with Crippen molar-refractivity contribution in [2.45, 2.75) is 38.5 Å². The molecule has 0 saturated heterocycles. The molecule has 3 rings (SSSR count). The summed E-state index contributed by atoms with van der Waals surface area (Å²) >= 11 is 0. The van der Waals surface area contributed by atoms with Crippen LogP contribution >= 0.6 is 0 Å². The smallest absolute Gasteiger partial charge is 0.246 e. The number of carbonyl (C=O) groups is 1. The van der Waals surface area contributed by atoms with Crippen molar-refractivity contribution in [3.8, 4) is 17.2 Å². The van der Waals surface area contributed by atoms with E-state index in [9.17, 15) is 13.2 Å². The molecule has 0 bridgehead atoms. The Hall–Kier alpha value is -2.78. The molecular formula is C22H28N2O6S. The summed E-state index contributed by atoms with van der Waals surface area (Å²) in [6.45, 7) is 6.58. The monoisotopic (exact) mass is 448 g/mol. The van der Waals surface area contributed by atoms with Crippen LogP contribution in [0.5, 0.6) is 17.2 Å².